The van der Waals surface area contributed by atoms with Crippen LogP contribution in [0.4, 0.5) is 16.2 Å². The zero-order valence-electron chi connectivity index (χ0n) is 37.6. The van der Waals surface area contributed by atoms with Crippen LogP contribution in [0.2, 0.25) is 0 Å². The molecule has 6 rings (SSSR count). The molecule has 0 aliphatic carbocycles. The van der Waals surface area contributed by atoms with Crippen molar-refractivity contribution in [1.82, 2.24) is 21.3 Å². The Morgan fingerprint density at radius 3 is 0.939 bits per heavy atom. The van der Waals surface area contributed by atoms with Crippen LogP contribution in [-0.2, 0) is 44.9 Å². The van der Waals surface area contributed by atoms with Gasteiger partial charge in [0, 0.05) is 51.2 Å². The number of methoxy groups -OCH3 is 2. The van der Waals surface area contributed by atoms with Gasteiger partial charge < -0.3 is 40.5 Å². The van der Waals surface area contributed by atoms with Crippen LogP contribution >= 0.6 is 0 Å². The summed E-state index contributed by atoms with van der Waals surface area (Å²) < 4.78 is 10.6. The largest absolute Gasteiger partial charge is 0.497 e. The van der Waals surface area contributed by atoms with Gasteiger partial charge in [-0.3, -0.25) is 19.2 Å². The summed E-state index contributed by atoms with van der Waals surface area (Å²) in [4.78, 5) is 74.6. The van der Waals surface area contributed by atoms with E-state index in [2.05, 4.69) is 21.3 Å². The molecule has 6 aromatic carbocycles. The van der Waals surface area contributed by atoms with Gasteiger partial charge in [0.15, 0.2) is 0 Å². The van der Waals surface area contributed by atoms with E-state index in [1.165, 1.54) is 9.80 Å². The molecule has 4 N–H and O–H groups in total. The average Bonchev–Trinajstić information content (AvgIpc) is 3.36. The quantitative estimate of drug-likeness (QED) is 0.0700. The first-order valence-corrected chi connectivity index (χ1v) is 21.7. The van der Waals surface area contributed by atoms with Gasteiger partial charge in [0.05, 0.1) is 14.2 Å². The van der Waals surface area contributed by atoms with E-state index in [1.54, 1.807) is 76.8 Å². The number of ether oxygens (including phenoxy) is 2. The first-order chi connectivity index (χ1) is 32.0. The molecule has 6 aromatic rings. The van der Waals surface area contributed by atoms with Gasteiger partial charge in [-0.05, 0) is 70.8 Å². The second kappa shape index (κ2) is 23.7. The van der Waals surface area contributed by atoms with Crippen LogP contribution in [0.5, 0.6) is 11.5 Å². The number of rotatable bonds is 20. The molecular weight excluding hydrogens is 833 g/mol. The fourth-order valence-corrected chi connectivity index (χ4v) is 7.45. The Balaban J connectivity index is 1.25. The standard InChI is InChI=1S/C53H56N6O7/c1-58(41-25-29-43(65-3)30-26-41)51(62)47(35-39-21-13-7-14-22-39)54-49(60)45(33-37-17-9-5-10-18-37)56-53(64)57-46(34-38-19-11-6-12-20-38)50(61)55-48(36-40-23-15-8-16-24-40)52(63)59(2)42-27-31-44(66-4)32-28-42/h5-32,45-48H,33-36H2,1-4H3,(H,54,60)(H,55,61)(H2,56,57,64)/t45-,46?,47-,48-/m0/s1. The summed E-state index contributed by atoms with van der Waals surface area (Å²) in [6.07, 6.45) is 0.487. The number of hydrogen-bond acceptors (Lipinski definition) is 7. The molecule has 13 heteroatoms. The van der Waals surface area contributed by atoms with Crippen LogP contribution < -0.4 is 40.5 Å². The molecule has 4 atom stereocenters. The first kappa shape index (κ1) is 47.5. The first-order valence-electron chi connectivity index (χ1n) is 21.7. The Hall–Kier alpha value is -7.93. The molecule has 66 heavy (non-hydrogen) atoms. The van der Waals surface area contributed by atoms with Crippen LogP contribution in [0.1, 0.15) is 22.3 Å². The zero-order chi connectivity index (χ0) is 46.8. The van der Waals surface area contributed by atoms with E-state index in [9.17, 15) is 24.0 Å². The lowest BCUT2D eigenvalue weighted by Gasteiger charge is -2.28. The highest BCUT2D eigenvalue weighted by atomic mass is 16.5. The summed E-state index contributed by atoms with van der Waals surface area (Å²) >= 11 is 0. The molecule has 0 aliphatic rings. The van der Waals surface area contributed by atoms with Crippen molar-refractivity contribution in [1.29, 1.82) is 0 Å². The summed E-state index contributed by atoms with van der Waals surface area (Å²) in [7, 11) is 6.39. The maximum atomic E-state index is 14.5. The number of carbonyl (C=O) groups excluding carboxylic acids is 5. The van der Waals surface area contributed by atoms with E-state index in [1.807, 2.05) is 121 Å². The molecular formula is C53H56N6O7. The normalized spacial score (nSPS) is 12.5. The molecule has 0 aromatic heterocycles. The van der Waals surface area contributed by atoms with Crippen molar-refractivity contribution in [2.24, 2.45) is 0 Å². The van der Waals surface area contributed by atoms with Crippen molar-refractivity contribution in [2.75, 3.05) is 38.1 Å². The molecule has 340 valence electrons. The highest BCUT2D eigenvalue weighted by Gasteiger charge is 2.33. The van der Waals surface area contributed by atoms with Gasteiger partial charge in [-0.1, -0.05) is 121 Å². The van der Waals surface area contributed by atoms with Gasteiger partial charge in [0.2, 0.25) is 23.6 Å². The minimum atomic E-state index is -1.18. The van der Waals surface area contributed by atoms with E-state index in [0.717, 1.165) is 22.3 Å². The maximum absolute atomic E-state index is 14.5. The third kappa shape index (κ3) is 13.5. The van der Waals surface area contributed by atoms with Crippen LogP contribution in [0, 0.1) is 0 Å². The van der Waals surface area contributed by atoms with Gasteiger partial charge in [-0.15, -0.1) is 0 Å². The Morgan fingerprint density at radius 1 is 0.394 bits per heavy atom. The summed E-state index contributed by atoms with van der Waals surface area (Å²) in [6.45, 7) is 0. The number of amides is 6. The highest BCUT2D eigenvalue weighted by Crippen LogP contribution is 2.21. The number of nitrogens with one attached hydrogen (secondary N) is 4. The van der Waals surface area contributed by atoms with Crippen molar-refractivity contribution in [3.8, 4) is 11.5 Å². The fraction of sp³-hybridized carbons (Fsp3) is 0.226. The lowest BCUT2D eigenvalue weighted by Crippen LogP contribution is -2.59. The number of carbonyl (C=O) groups is 5. The van der Waals surface area contributed by atoms with Crippen molar-refractivity contribution in [3.63, 3.8) is 0 Å². The second-order valence-electron chi connectivity index (χ2n) is 15.8. The molecule has 0 fully saturated rings. The predicted molar refractivity (Wildman–Crippen MR) is 256 cm³/mol. The summed E-state index contributed by atoms with van der Waals surface area (Å²) in [5.41, 5.74) is 4.32. The van der Waals surface area contributed by atoms with Crippen molar-refractivity contribution >= 4 is 41.0 Å². The number of hydrogen-bond donors (Lipinski definition) is 4. The van der Waals surface area contributed by atoms with Gasteiger partial charge in [0.1, 0.15) is 35.7 Å². The Kier molecular flexibility index (Phi) is 17.0. The second-order valence-corrected chi connectivity index (χ2v) is 15.8. The number of nitrogens with zero attached hydrogens (tertiary/aromatic N) is 2. The maximum Gasteiger partial charge on any atom is 0.316 e. The molecule has 0 aliphatic heterocycles. The molecule has 0 heterocycles. The molecule has 6 amide bonds. The summed E-state index contributed by atoms with van der Waals surface area (Å²) in [6, 6.07) is 45.8. The lowest BCUT2D eigenvalue weighted by molar-refractivity contribution is -0.128. The molecule has 0 spiro atoms. The van der Waals surface area contributed by atoms with E-state index in [4.69, 9.17) is 9.47 Å². The minimum absolute atomic E-state index is 0.0710. The average molecular weight is 889 g/mol. The SMILES string of the molecule is COc1ccc(N(C)C(=O)[C@H](Cc2ccccc2)NC(=O)C(Cc2ccccc2)NC(=O)N[C@@H](Cc2ccccc2)C(=O)N[C@@H](Cc2ccccc2)C(=O)N(C)c2ccc(OC)cc2)cc1. The smallest absolute Gasteiger partial charge is 0.316 e. The lowest BCUT2D eigenvalue weighted by atomic mass is 10.0. The van der Waals surface area contributed by atoms with Gasteiger partial charge >= 0.3 is 6.03 Å². The number of likely N-dealkylation sites (N-methyl/N-ethyl adjacent to an activating group) is 2. The molecule has 0 saturated heterocycles. The Morgan fingerprint density at radius 2 is 0.667 bits per heavy atom. The van der Waals surface area contributed by atoms with Crippen LogP contribution in [0.3, 0.4) is 0 Å². The fourth-order valence-electron chi connectivity index (χ4n) is 7.45. The topological polar surface area (TPSA) is 158 Å². The van der Waals surface area contributed by atoms with Crippen molar-refractivity contribution in [3.05, 3.63) is 192 Å². The summed E-state index contributed by atoms with van der Waals surface area (Å²) in [5, 5.41) is 11.5. The third-order valence-corrected chi connectivity index (χ3v) is 11.2. The number of anilines is 2. The van der Waals surface area contributed by atoms with Crippen molar-refractivity contribution in [2.45, 2.75) is 49.9 Å². The van der Waals surface area contributed by atoms with Crippen LogP contribution in [0.25, 0.3) is 0 Å². The molecule has 0 radical (unpaired) electrons. The highest BCUT2D eigenvalue weighted by molar-refractivity contribution is 6.01. The number of urea groups is 1. The van der Waals surface area contributed by atoms with Crippen LogP contribution in [-0.4, -0.2) is 82.1 Å². The van der Waals surface area contributed by atoms with E-state index in [-0.39, 0.29) is 37.5 Å². The molecule has 0 bridgehead atoms. The Bertz CT molecular complexity index is 2320. The molecule has 13 nitrogen and oxygen atoms in total. The van der Waals surface area contributed by atoms with E-state index < -0.39 is 42.0 Å². The molecule has 1 unspecified atom stereocenters. The predicted octanol–water partition coefficient (Wildman–Crippen LogP) is 6.31. The summed E-state index contributed by atoms with van der Waals surface area (Å²) in [5.74, 6) is -0.711. The van der Waals surface area contributed by atoms with Crippen LogP contribution in [0.15, 0.2) is 170 Å². The Labute approximate surface area is 386 Å². The van der Waals surface area contributed by atoms with Gasteiger partial charge in [-0.2, -0.15) is 0 Å². The van der Waals surface area contributed by atoms with Gasteiger partial charge in [0.25, 0.3) is 0 Å². The monoisotopic (exact) mass is 888 g/mol. The van der Waals surface area contributed by atoms with Crippen molar-refractivity contribution < 1.29 is 33.4 Å². The van der Waals surface area contributed by atoms with Gasteiger partial charge in [-0.25, -0.2) is 4.79 Å². The zero-order valence-corrected chi connectivity index (χ0v) is 37.6. The van der Waals surface area contributed by atoms with E-state index >= 15 is 0 Å². The number of benzene rings is 6. The third-order valence-electron chi connectivity index (χ3n) is 11.2. The minimum Gasteiger partial charge on any atom is -0.497 e. The molecule has 0 saturated carbocycles. The van der Waals surface area contributed by atoms with E-state index in [0.29, 0.717) is 22.9 Å².